The van der Waals surface area contributed by atoms with Crippen molar-refractivity contribution >= 4 is 22.5 Å². The van der Waals surface area contributed by atoms with Crippen LogP contribution in [0.2, 0.25) is 5.02 Å². The van der Waals surface area contributed by atoms with Crippen molar-refractivity contribution in [3.8, 4) is 22.8 Å². The lowest BCUT2D eigenvalue weighted by Gasteiger charge is -2.31. The molecule has 0 spiro atoms. The van der Waals surface area contributed by atoms with Crippen LogP contribution in [0.3, 0.4) is 0 Å². The van der Waals surface area contributed by atoms with Crippen LogP contribution in [0.1, 0.15) is 18.4 Å². The van der Waals surface area contributed by atoms with Gasteiger partial charge in [-0.2, -0.15) is 0 Å². The van der Waals surface area contributed by atoms with Crippen molar-refractivity contribution in [3.05, 3.63) is 53.1 Å². The number of ether oxygens (including phenoxy) is 3. The number of piperidine rings is 1. The zero-order valence-corrected chi connectivity index (χ0v) is 17.1. The van der Waals surface area contributed by atoms with Crippen LogP contribution in [0.15, 0.2) is 42.5 Å². The Balaban J connectivity index is 1.55. The normalized spacial score (nSPS) is 17.2. The van der Waals surface area contributed by atoms with Crippen LogP contribution in [0.4, 0.5) is 0 Å². The molecule has 0 radical (unpaired) electrons. The van der Waals surface area contributed by atoms with Crippen molar-refractivity contribution in [2.45, 2.75) is 25.5 Å². The monoisotopic (exact) mass is 410 g/mol. The summed E-state index contributed by atoms with van der Waals surface area (Å²) in [5, 5.41) is 1.79. The van der Waals surface area contributed by atoms with Gasteiger partial charge in [0.2, 0.25) is 6.79 Å². The van der Waals surface area contributed by atoms with Gasteiger partial charge in [0.15, 0.2) is 11.5 Å². The van der Waals surface area contributed by atoms with E-state index in [9.17, 15) is 0 Å². The molecule has 2 aromatic carbocycles. The lowest BCUT2D eigenvalue weighted by molar-refractivity contribution is 0.0389. The smallest absolute Gasteiger partial charge is 0.231 e. The molecular weight excluding hydrogens is 388 g/mol. The van der Waals surface area contributed by atoms with Crippen LogP contribution in [0.25, 0.3) is 22.2 Å². The molecule has 0 atom stereocenters. The summed E-state index contributed by atoms with van der Waals surface area (Å²) in [5.41, 5.74) is 4.16. The number of benzene rings is 2. The van der Waals surface area contributed by atoms with Gasteiger partial charge in [-0.1, -0.05) is 23.7 Å². The van der Waals surface area contributed by atoms with Crippen molar-refractivity contribution in [1.82, 2.24) is 9.88 Å². The van der Waals surface area contributed by atoms with Gasteiger partial charge in [-0.15, -0.1) is 0 Å². The summed E-state index contributed by atoms with van der Waals surface area (Å²) in [6.45, 7) is 3.16. The van der Waals surface area contributed by atoms with Crippen LogP contribution in [0.5, 0.6) is 11.5 Å². The number of fused-ring (bicyclic) bond motifs is 2. The van der Waals surface area contributed by atoms with E-state index in [-0.39, 0.29) is 6.79 Å². The van der Waals surface area contributed by atoms with Crippen molar-refractivity contribution in [2.75, 3.05) is 27.0 Å². The number of methoxy groups -OCH3 is 1. The Hall–Kier alpha value is -2.34. The van der Waals surface area contributed by atoms with Gasteiger partial charge in [-0.3, -0.25) is 4.90 Å². The van der Waals surface area contributed by atoms with E-state index in [1.807, 2.05) is 36.4 Å². The highest BCUT2D eigenvalue weighted by Gasteiger charge is 2.22. The maximum atomic E-state index is 6.11. The summed E-state index contributed by atoms with van der Waals surface area (Å²) < 4.78 is 16.6. The Labute approximate surface area is 175 Å². The summed E-state index contributed by atoms with van der Waals surface area (Å²) in [4.78, 5) is 7.50. The average Bonchev–Trinajstić information content (AvgIpc) is 3.20. The molecule has 0 amide bonds. The van der Waals surface area contributed by atoms with E-state index in [4.69, 9.17) is 30.8 Å². The maximum Gasteiger partial charge on any atom is 0.231 e. The minimum absolute atomic E-state index is 0.261. The lowest BCUT2D eigenvalue weighted by Crippen LogP contribution is -2.36. The van der Waals surface area contributed by atoms with Gasteiger partial charge in [0.25, 0.3) is 0 Å². The Morgan fingerprint density at radius 1 is 1.07 bits per heavy atom. The molecule has 1 aromatic heterocycles. The van der Waals surface area contributed by atoms with E-state index < -0.39 is 0 Å². The molecule has 1 fully saturated rings. The number of hydrogen-bond donors (Lipinski definition) is 0. The topological polar surface area (TPSA) is 43.8 Å². The molecule has 150 valence electrons. The zero-order valence-electron chi connectivity index (χ0n) is 16.4. The fraction of sp³-hybridized carbons (Fsp3) is 0.348. The maximum absolute atomic E-state index is 6.11. The van der Waals surface area contributed by atoms with Crippen LogP contribution in [0, 0.1) is 0 Å². The highest BCUT2D eigenvalue weighted by atomic mass is 35.5. The number of nitrogens with zero attached hydrogens (tertiary/aromatic N) is 2. The van der Waals surface area contributed by atoms with Gasteiger partial charge in [0.05, 0.1) is 17.3 Å². The van der Waals surface area contributed by atoms with Crippen LogP contribution >= 0.6 is 11.6 Å². The second-order valence-electron chi connectivity index (χ2n) is 7.61. The first kappa shape index (κ1) is 18.7. The van der Waals surface area contributed by atoms with E-state index in [2.05, 4.69) is 11.0 Å². The molecule has 0 unspecified atom stereocenters. The first-order chi connectivity index (χ1) is 14.2. The van der Waals surface area contributed by atoms with Gasteiger partial charge in [-0.05, 0) is 42.7 Å². The predicted molar refractivity (Wildman–Crippen MR) is 114 cm³/mol. The van der Waals surface area contributed by atoms with Gasteiger partial charge in [0.1, 0.15) is 0 Å². The highest BCUT2D eigenvalue weighted by Crippen LogP contribution is 2.37. The molecule has 2 aliphatic rings. The Bertz CT molecular complexity index is 1030. The first-order valence-electron chi connectivity index (χ1n) is 9.94. The summed E-state index contributed by atoms with van der Waals surface area (Å²) in [7, 11) is 1.80. The molecule has 5 nitrogen and oxygen atoms in total. The largest absolute Gasteiger partial charge is 0.454 e. The third-order valence-corrected chi connectivity index (χ3v) is 6.02. The molecule has 1 saturated heterocycles. The number of pyridine rings is 1. The Morgan fingerprint density at radius 2 is 1.79 bits per heavy atom. The second-order valence-corrected chi connectivity index (χ2v) is 8.05. The number of halogens is 1. The number of aromatic nitrogens is 1. The molecule has 29 heavy (non-hydrogen) atoms. The molecule has 3 heterocycles. The Morgan fingerprint density at radius 3 is 2.52 bits per heavy atom. The lowest BCUT2D eigenvalue weighted by atomic mass is 10.0. The van der Waals surface area contributed by atoms with E-state index in [0.29, 0.717) is 6.10 Å². The molecule has 3 aromatic rings. The Kier molecular flexibility index (Phi) is 5.04. The van der Waals surface area contributed by atoms with E-state index in [1.54, 1.807) is 7.11 Å². The van der Waals surface area contributed by atoms with Gasteiger partial charge in [0, 0.05) is 48.8 Å². The third kappa shape index (κ3) is 3.78. The minimum atomic E-state index is 0.261. The first-order valence-corrected chi connectivity index (χ1v) is 10.3. The summed E-state index contributed by atoms with van der Waals surface area (Å²) >= 11 is 6.11. The number of likely N-dealkylation sites (tertiary alicyclic amines) is 1. The molecule has 0 aliphatic carbocycles. The molecule has 0 N–H and O–H groups in total. The number of hydrogen-bond acceptors (Lipinski definition) is 5. The van der Waals surface area contributed by atoms with Crippen LogP contribution < -0.4 is 9.47 Å². The third-order valence-electron chi connectivity index (χ3n) is 5.77. The molecule has 0 bridgehead atoms. The molecular formula is C23H23ClN2O3. The van der Waals surface area contributed by atoms with Crippen molar-refractivity contribution < 1.29 is 14.2 Å². The van der Waals surface area contributed by atoms with E-state index >= 15 is 0 Å². The fourth-order valence-corrected chi connectivity index (χ4v) is 4.26. The van der Waals surface area contributed by atoms with Crippen molar-refractivity contribution in [3.63, 3.8) is 0 Å². The fourth-order valence-electron chi connectivity index (χ4n) is 4.13. The minimum Gasteiger partial charge on any atom is -0.454 e. The van der Waals surface area contributed by atoms with Gasteiger partial charge < -0.3 is 14.2 Å². The average molecular weight is 411 g/mol. The van der Waals surface area contributed by atoms with E-state index in [1.165, 1.54) is 5.56 Å². The van der Waals surface area contributed by atoms with E-state index in [0.717, 1.165) is 71.2 Å². The summed E-state index contributed by atoms with van der Waals surface area (Å²) in [5.74, 6) is 1.53. The molecule has 5 rings (SSSR count). The van der Waals surface area contributed by atoms with Gasteiger partial charge in [-0.25, -0.2) is 4.98 Å². The number of rotatable bonds is 4. The predicted octanol–water partition coefficient (Wildman–Crippen LogP) is 4.89. The highest BCUT2D eigenvalue weighted by molar-refractivity contribution is 6.30. The zero-order chi connectivity index (χ0) is 19.8. The van der Waals surface area contributed by atoms with Crippen molar-refractivity contribution in [2.24, 2.45) is 0 Å². The molecule has 6 heteroatoms. The van der Waals surface area contributed by atoms with Crippen molar-refractivity contribution in [1.29, 1.82) is 0 Å². The van der Waals surface area contributed by atoms with Gasteiger partial charge >= 0.3 is 0 Å². The summed E-state index contributed by atoms with van der Waals surface area (Å²) in [6.07, 6.45) is 2.50. The molecule has 2 aliphatic heterocycles. The quantitative estimate of drug-likeness (QED) is 0.612. The standard InChI is InChI=1S/C23H23ClN2O3/c1-27-19-6-8-26(9-7-19)13-17-10-16-11-21-22(29-14-28-21)12-20(16)25-23(17)15-2-4-18(24)5-3-15/h2-5,10-12,19H,6-9,13-14H2,1H3. The molecule has 0 saturated carbocycles. The second kappa shape index (κ2) is 7.82. The summed E-state index contributed by atoms with van der Waals surface area (Å²) in [6, 6.07) is 14.1. The SMILES string of the molecule is COC1CCN(Cc2cc3cc4c(cc3nc2-c2ccc(Cl)cc2)OCO4)CC1. The van der Waals surface area contributed by atoms with Crippen LogP contribution in [-0.2, 0) is 11.3 Å². The van der Waals surface area contributed by atoms with Crippen LogP contribution in [-0.4, -0.2) is 43.0 Å².